The van der Waals surface area contributed by atoms with E-state index in [-0.39, 0.29) is 10.8 Å². The first-order valence-corrected chi connectivity index (χ1v) is 6.40. The van der Waals surface area contributed by atoms with Gasteiger partial charge in [0.15, 0.2) is 0 Å². The Hall–Kier alpha value is -2.04. The molecule has 0 fully saturated rings. The van der Waals surface area contributed by atoms with Crippen LogP contribution >= 0.6 is 23.2 Å². The van der Waals surface area contributed by atoms with Gasteiger partial charge in [0, 0.05) is 16.1 Å². The fourth-order valence-electron chi connectivity index (χ4n) is 1.49. The Bertz CT molecular complexity index is 672. The zero-order chi connectivity index (χ0) is 14.5. The molecule has 4 nitrogen and oxygen atoms in total. The second-order valence-corrected chi connectivity index (χ2v) is 4.73. The smallest absolute Gasteiger partial charge is 0.271 e. The van der Waals surface area contributed by atoms with Crippen molar-refractivity contribution in [1.29, 1.82) is 0 Å². The number of rotatable bonds is 3. The zero-order valence-electron chi connectivity index (χ0n) is 10.2. The first kappa shape index (κ1) is 14.4. The summed E-state index contributed by atoms with van der Waals surface area (Å²) in [5.41, 5.74) is 3.14. The van der Waals surface area contributed by atoms with Gasteiger partial charge in [0.2, 0.25) is 0 Å². The summed E-state index contributed by atoms with van der Waals surface area (Å²) in [7, 11) is 0. The minimum atomic E-state index is -0.398. The molecule has 0 saturated heterocycles. The van der Waals surface area contributed by atoms with Crippen molar-refractivity contribution in [3.8, 4) is 5.75 Å². The molecule has 0 aliphatic rings. The van der Waals surface area contributed by atoms with Crippen LogP contribution in [0.15, 0.2) is 47.6 Å². The van der Waals surface area contributed by atoms with Crippen molar-refractivity contribution in [3.63, 3.8) is 0 Å². The van der Waals surface area contributed by atoms with Crippen molar-refractivity contribution < 1.29 is 9.90 Å². The number of phenols is 1. The molecule has 0 heterocycles. The molecule has 2 aromatic rings. The van der Waals surface area contributed by atoms with Crippen molar-refractivity contribution in [1.82, 2.24) is 5.43 Å². The molecular weight excluding hydrogens is 299 g/mol. The van der Waals surface area contributed by atoms with Crippen LogP contribution in [-0.4, -0.2) is 17.2 Å². The maximum atomic E-state index is 11.8. The minimum Gasteiger partial charge on any atom is -0.506 e. The third-order valence-electron chi connectivity index (χ3n) is 2.47. The molecule has 2 N–H and O–H groups in total. The molecule has 1 amide bonds. The molecule has 0 unspecified atom stereocenters. The lowest BCUT2D eigenvalue weighted by molar-refractivity contribution is 0.0955. The standard InChI is InChI=1S/C14H10Cl2N2O2/c15-11-5-1-3-9(7-11)14(20)18-17-8-10-4-2-6-12(16)13(10)19/h1-8,19H,(H,18,20)/b17-8+. The average Bonchev–Trinajstić information content (AvgIpc) is 2.43. The molecule has 0 radical (unpaired) electrons. The number of amides is 1. The summed E-state index contributed by atoms with van der Waals surface area (Å²) < 4.78 is 0. The number of para-hydroxylation sites is 1. The van der Waals surface area contributed by atoms with E-state index in [1.54, 1.807) is 36.4 Å². The molecule has 0 saturated carbocycles. The number of benzene rings is 2. The number of aromatic hydroxyl groups is 1. The molecule has 0 bridgehead atoms. The van der Waals surface area contributed by atoms with E-state index in [4.69, 9.17) is 23.2 Å². The molecule has 20 heavy (non-hydrogen) atoms. The summed E-state index contributed by atoms with van der Waals surface area (Å²) in [6.07, 6.45) is 1.31. The number of carbonyl (C=O) groups excluding carboxylic acids is 1. The van der Waals surface area contributed by atoms with E-state index in [0.717, 1.165) is 0 Å². The minimum absolute atomic E-state index is 0.0880. The maximum Gasteiger partial charge on any atom is 0.271 e. The van der Waals surface area contributed by atoms with Crippen LogP contribution in [0.3, 0.4) is 0 Å². The SMILES string of the molecule is O=C(N/N=C/c1cccc(Cl)c1O)c1cccc(Cl)c1. The summed E-state index contributed by atoms with van der Waals surface area (Å²) in [4.78, 5) is 11.8. The van der Waals surface area contributed by atoms with Gasteiger partial charge < -0.3 is 5.11 Å². The number of halogens is 2. The van der Waals surface area contributed by atoms with E-state index in [2.05, 4.69) is 10.5 Å². The molecule has 0 aliphatic carbocycles. The molecule has 2 rings (SSSR count). The number of hydrogen-bond acceptors (Lipinski definition) is 3. The van der Waals surface area contributed by atoms with Gasteiger partial charge in [0.05, 0.1) is 11.2 Å². The van der Waals surface area contributed by atoms with Crippen LogP contribution < -0.4 is 5.43 Å². The van der Waals surface area contributed by atoms with E-state index < -0.39 is 5.91 Å². The topological polar surface area (TPSA) is 61.7 Å². The van der Waals surface area contributed by atoms with Gasteiger partial charge in [-0.05, 0) is 30.3 Å². The second kappa shape index (κ2) is 6.41. The molecule has 6 heteroatoms. The fraction of sp³-hybridized carbons (Fsp3) is 0. The average molecular weight is 309 g/mol. The van der Waals surface area contributed by atoms with Crippen molar-refractivity contribution in [2.75, 3.05) is 0 Å². The Morgan fingerprint density at radius 1 is 1.20 bits per heavy atom. The first-order chi connectivity index (χ1) is 9.58. The quantitative estimate of drug-likeness (QED) is 0.674. The highest BCUT2D eigenvalue weighted by atomic mass is 35.5. The normalized spacial score (nSPS) is 10.7. The Balaban J connectivity index is 2.07. The molecule has 0 aromatic heterocycles. The lowest BCUT2D eigenvalue weighted by atomic mass is 10.2. The third-order valence-corrected chi connectivity index (χ3v) is 3.01. The Labute approximate surface area is 125 Å². The van der Waals surface area contributed by atoms with Gasteiger partial charge in [-0.1, -0.05) is 35.3 Å². The maximum absolute atomic E-state index is 11.8. The molecular formula is C14H10Cl2N2O2. The Kier molecular flexibility index (Phi) is 4.61. The van der Waals surface area contributed by atoms with Crippen LogP contribution in [0.4, 0.5) is 0 Å². The predicted molar refractivity (Wildman–Crippen MR) is 79.6 cm³/mol. The van der Waals surface area contributed by atoms with Gasteiger partial charge in [-0.3, -0.25) is 4.79 Å². The number of carbonyl (C=O) groups is 1. The molecule has 0 aliphatic heterocycles. The fourth-order valence-corrected chi connectivity index (χ4v) is 1.86. The van der Waals surface area contributed by atoms with Crippen molar-refractivity contribution in [2.45, 2.75) is 0 Å². The summed E-state index contributed by atoms with van der Waals surface area (Å²) >= 11 is 11.5. The van der Waals surface area contributed by atoms with Gasteiger partial charge >= 0.3 is 0 Å². The Morgan fingerprint density at radius 3 is 2.70 bits per heavy atom. The van der Waals surface area contributed by atoms with Gasteiger partial charge in [0.1, 0.15) is 5.75 Å². The van der Waals surface area contributed by atoms with Crippen LogP contribution in [0.2, 0.25) is 10.0 Å². The monoisotopic (exact) mass is 308 g/mol. The van der Waals surface area contributed by atoms with E-state index in [0.29, 0.717) is 16.1 Å². The number of nitrogens with one attached hydrogen (secondary N) is 1. The highest BCUT2D eigenvalue weighted by molar-refractivity contribution is 6.32. The van der Waals surface area contributed by atoms with Crippen molar-refractivity contribution in [3.05, 3.63) is 63.6 Å². The van der Waals surface area contributed by atoms with Crippen LogP contribution in [0.25, 0.3) is 0 Å². The molecule has 0 spiro atoms. The van der Waals surface area contributed by atoms with Gasteiger partial charge in [-0.2, -0.15) is 5.10 Å². The number of nitrogens with zero attached hydrogens (tertiary/aromatic N) is 1. The van der Waals surface area contributed by atoms with E-state index >= 15 is 0 Å². The van der Waals surface area contributed by atoms with Gasteiger partial charge in [-0.25, -0.2) is 5.43 Å². The summed E-state index contributed by atoms with van der Waals surface area (Å²) in [5, 5.41) is 14.1. The van der Waals surface area contributed by atoms with Crippen LogP contribution in [0.5, 0.6) is 5.75 Å². The molecule has 0 atom stereocenters. The first-order valence-electron chi connectivity index (χ1n) is 5.64. The number of hydrogen-bond donors (Lipinski definition) is 2. The highest BCUT2D eigenvalue weighted by Crippen LogP contribution is 2.25. The lowest BCUT2D eigenvalue weighted by Crippen LogP contribution is -2.17. The van der Waals surface area contributed by atoms with Gasteiger partial charge in [0.25, 0.3) is 5.91 Å². The summed E-state index contributed by atoms with van der Waals surface area (Å²) in [5.74, 6) is -0.486. The van der Waals surface area contributed by atoms with Crippen LogP contribution in [0.1, 0.15) is 15.9 Å². The van der Waals surface area contributed by atoms with Gasteiger partial charge in [-0.15, -0.1) is 0 Å². The summed E-state index contributed by atoms with van der Waals surface area (Å²) in [6.45, 7) is 0. The number of hydrazone groups is 1. The lowest BCUT2D eigenvalue weighted by Gasteiger charge is -2.02. The zero-order valence-corrected chi connectivity index (χ0v) is 11.7. The van der Waals surface area contributed by atoms with Crippen LogP contribution in [-0.2, 0) is 0 Å². The summed E-state index contributed by atoms with van der Waals surface area (Å²) in [6, 6.07) is 11.3. The van der Waals surface area contributed by atoms with E-state index in [9.17, 15) is 9.90 Å². The molecule has 2 aromatic carbocycles. The van der Waals surface area contributed by atoms with Crippen molar-refractivity contribution in [2.24, 2.45) is 5.10 Å². The second-order valence-electron chi connectivity index (χ2n) is 3.89. The van der Waals surface area contributed by atoms with Crippen LogP contribution in [0, 0.1) is 0 Å². The van der Waals surface area contributed by atoms with E-state index in [1.165, 1.54) is 12.3 Å². The van der Waals surface area contributed by atoms with E-state index in [1.807, 2.05) is 0 Å². The number of phenolic OH excluding ortho intramolecular Hbond substituents is 1. The largest absolute Gasteiger partial charge is 0.506 e. The van der Waals surface area contributed by atoms with Crippen molar-refractivity contribution >= 4 is 35.3 Å². The highest BCUT2D eigenvalue weighted by Gasteiger charge is 2.05. The third kappa shape index (κ3) is 3.50. The molecule has 102 valence electrons. The Morgan fingerprint density at radius 2 is 1.95 bits per heavy atom. The predicted octanol–water partition coefficient (Wildman–Crippen LogP) is 3.46.